The van der Waals surface area contributed by atoms with Gasteiger partial charge in [-0.2, -0.15) is 0 Å². The van der Waals surface area contributed by atoms with Gasteiger partial charge in [-0.25, -0.2) is 0 Å². The highest BCUT2D eigenvalue weighted by molar-refractivity contribution is 7.00. The molecule has 0 bridgehead atoms. The molecular formula is C112H127BCl2N4. The smallest absolute Gasteiger partial charge is 0.252 e. The van der Waals surface area contributed by atoms with Gasteiger partial charge in [0.25, 0.3) is 6.71 Å². The SMILES string of the molecule is CC(C)(C)c1ccc(N(c2ccc(C(C)(C)C)cc2)c2cc(Cl)cc(N(c3ccc4c(c3)C(C)(C)CCC4(C)C)c3ccc(C(C)(C)C)cc3-c3ccccc3)c2)cc1.CC(C)(C)c1ccc(N2c3ccc(C(C)(C)C)cc3B3c4cc5c(cc4N(c4ccc(C(C)(C)C)cc4-c4ccccc4)c4cc(Cl)cc2c43)C(C)(C)CCC5(C)C)cc1. The van der Waals surface area contributed by atoms with Gasteiger partial charge in [0.05, 0.1) is 11.4 Å². The van der Waals surface area contributed by atoms with Gasteiger partial charge in [0.2, 0.25) is 0 Å². The largest absolute Gasteiger partial charge is 0.311 e. The van der Waals surface area contributed by atoms with Crippen molar-refractivity contribution in [1.29, 1.82) is 0 Å². The number of anilines is 12. The second-order valence-electron chi connectivity index (χ2n) is 43.6. The summed E-state index contributed by atoms with van der Waals surface area (Å²) >= 11 is 14.8. The zero-order valence-corrected chi connectivity index (χ0v) is 77.6. The second-order valence-corrected chi connectivity index (χ2v) is 44.5. The van der Waals surface area contributed by atoms with Gasteiger partial charge < -0.3 is 19.6 Å². The van der Waals surface area contributed by atoms with Crippen molar-refractivity contribution >= 4 is 115 Å². The number of hydrogen-bond acceptors (Lipinski definition) is 4. The topological polar surface area (TPSA) is 13.0 Å². The molecule has 0 saturated heterocycles. The molecular weight excluding hydrogens is 1480 g/mol. The zero-order chi connectivity index (χ0) is 85.6. The quantitative estimate of drug-likeness (QED) is 0.127. The Morgan fingerprint density at radius 2 is 0.647 bits per heavy atom. The first-order chi connectivity index (χ1) is 55.6. The van der Waals surface area contributed by atoms with Gasteiger partial charge in [-0.1, -0.05) is 337 Å². The Labute approximate surface area is 725 Å². The van der Waals surface area contributed by atoms with Gasteiger partial charge in [-0.3, -0.25) is 0 Å². The molecule has 119 heavy (non-hydrogen) atoms. The first-order valence-electron chi connectivity index (χ1n) is 43.6. The van der Waals surface area contributed by atoms with Crippen LogP contribution in [0.3, 0.4) is 0 Å². The van der Waals surface area contributed by atoms with Crippen LogP contribution in [0.1, 0.15) is 261 Å². The maximum Gasteiger partial charge on any atom is 0.252 e. The summed E-state index contributed by atoms with van der Waals surface area (Å²) in [6, 6.07) is 94.1. The average Bonchev–Trinajstić information content (AvgIpc) is 0.686. The highest BCUT2D eigenvalue weighted by Crippen LogP contribution is 2.56. The highest BCUT2D eigenvalue weighted by atomic mass is 35.5. The molecule has 2 aliphatic carbocycles. The predicted octanol–water partition coefficient (Wildman–Crippen LogP) is 31.5. The minimum atomic E-state index is -0.0257. The summed E-state index contributed by atoms with van der Waals surface area (Å²) < 4.78 is 0. The summed E-state index contributed by atoms with van der Waals surface area (Å²) in [5.74, 6) is 0. The lowest BCUT2D eigenvalue weighted by Crippen LogP contribution is -2.62. The third-order valence-corrected chi connectivity index (χ3v) is 27.1. The van der Waals surface area contributed by atoms with Crippen molar-refractivity contribution in [2.75, 3.05) is 19.6 Å². The zero-order valence-electron chi connectivity index (χ0n) is 76.1. The van der Waals surface area contributed by atoms with E-state index in [1.807, 2.05) is 0 Å². The fourth-order valence-electron chi connectivity index (χ4n) is 18.9. The van der Waals surface area contributed by atoms with Crippen molar-refractivity contribution in [2.24, 2.45) is 0 Å². The molecule has 0 spiro atoms. The first kappa shape index (κ1) is 84.5. The summed E-state index contributed by atoms with van der Waals surface area (Å²) in [6.45, 7) is 60.7. The van der Waals surface area contributed by atoms with Gasteiger partial charge >= 0.3 is 0 Å². The third kappa shape index (κ3) is 16.3. The number of nitrogens with zero attached hydrogens (tertiary/aromatic N) is 4. The van der Waals surface area contributed by atoms with Crippen LogP contribution in [-0.4, -0.2) is 6.71 Å². The van der Waals surface area contributed by atoms with E-state index >= 15 is 0 Å². The van der Waals surface area contributed by atoms with E-state index in [1.54, 1.807) is 0 Å². The molecule has 0 N–H and O–H groups in total. The number of benzene rings is 12. The van der Waals surface area contributed by atoms with E-state index in [2.05, 4.69) is 448 Å². The summed E-state index contributed by atoms with van der Waals surface area (Å²) in [7, 11) is 0. The van der Waals surface area contributed by atoms with Gasteiger partial charge in [0.15, 0.2) is 0 Å². The standard InChI is InChI=1S/C56H62BClN2.C56H65ClN2/c1-52(2,3)36-19-23-40(24-20-36)59-47-26-22-38(54(7,8)9)30-44(47)57-45-33-42-43(56(12,13)28-27-55(42,10)11)34-48(45)60(50-32-39(58)31-49(59)51(50)57)46-25-21-37(53(4,5)6)29-41(46)35-17-15-14-16-18-35;1-52(2,3)39-19-24-43(25-20-39)58(44-26-21-40(22-27-44)53(4,5)6)46-34-42(57)35-47(36-46)59(45-28-29-49-50(37-45)56(12,13)32-31-55(49,10)11)51-30-23-41(54(7,8)9)33-48(51)38-17-15-14-16-18-38/h14-26,29-34H,27-28H2,1-13H3;14-30,33-37H,31-32H2,1-13H3. The fourth-order valence-corrected chi connectivity index (χ4v) is 19.3. The first-order valence-corrected chi connectivity index (χ1v) is 44.4. The van der Waals surface area contributed by atoms with Crippen LogP contribution < -0.4 is 36.0 Å². The van der Waals surface area contributed by atoms with Crippen molar-refractivity contribution in [2.45, 2.75) is 260 Å². The lowest BCUT2D eigenvalue weighted by molar-refractivity contribution is 0.332. The molecule has 2 aliphatic heterocycles. The molecule has 0 aromatic heterocycles. The Kier molecular flexibility index (Phi) is 21.5. The van der Waals surface area contributed by atoms with Crippen molar-refractivity contribution in [3.05, 3.63) is 314 Å². The van der Waals surface area contributed by atoms with E-state index in [1.165, 1.54) is 118 Å². The van der Waals surface area contributed by atoms with Crippen LogP contribution in [0.5, 0.6) is 0 Å². The normalized spacial score (nSPS) is 15.8. The monoisotopic (exact) mass is 1610 g/mol. The Morgan fingerprint density at radius 3 is 1.13 bits per heavy atom. The number of halogens is 2. The molecule has 0 atom stereocenters. The summed E-state index contributed by atoms with van der Waals surface area (Å²) in [5, 5.41) is 1.41. The molecule has 4 nitrogen and oxygen atoms in total. The molecule has 12 aromatic carbocycles. The third-order valence-electron chi connectivity index (χ3n) is 26.7. The molecule has 12 aromatic rings. The van der Waals surface area contributed by atoms with Crippen LogP contribution in [0.2, 0.25) is 10.0 Å². The Hall–Kier alpha value is -9.52. The summed E-state index contributed by atoms with van der Waals surface area (Å²) in [6.07, 6.45) is 4.62. The molecule has 16 rings (SSSR count). The number of fused-ring (bicyclic) bond motifs is 6. The van der Waals surface area contributed by atoms with E-state index in [4.69, 9.17) is 23.2 Å². The van der Waals surface area contributed by atoms with Gasteiger partial charge in [-0.15, -0.1) is 0 Å². The maximum atomic E-state index is 7.45. The predicted molar refractivity (Wildman–Crippen MR) is 520 cm³/mol. The van der Waals surface area contributed by atoms with Crippen LogP contribution >= 0.6 is 23.2 Å². The van der Waals surface area contributed by atoms with E-state index in [9.17, 15) is 0 Å². The minimum absolute atomic E-state index is 0.000998. The number of rotatable bonds is 10. The van der Waals surface area contributed by atoms with Crippen LogP contribution in [0.4, 0.5) is 68.2 Å². The minimum Gasteiger partial charge on any atom is -0.311 e. The van der Waals surface area contributed by atoms with Crippen LogP contribution in [0.25, 0.3) is 22.3 Å². The van der Waals surface area contributed by atoms with Crippen molar-refractivity contribution in [3.8, 4) is 22.3 Å². The molecule has 4 aliphatic rings. The van der Waals surface area contributed by atoms with E-state index in [-0.39, 0.29) is 60.9 Å². The van der Waals surface area contributed by atoms with Crippen LogP contribution in [0.15, 0.2) is 249 Å². The summed E-state index contributed by atoms with van der Waals surface area (Å²) in [4.78, 5) is 9.88. The molecule has 0 unspecified atom stereocenters. The van der Waals surface area contributed by atoms with Crippen LogP contribution in [-0.2, 0) is 54.1 Å². The molecule has 612 valence electrons. The van der Waals surface area contributed by atoms with Gasteiger partial charge in [-0.05, 0) is 278 Å². The van der Waals surface area contributed by atoms with Crippen molar-refractivity contribution < 1.29 is 0 Å². The van der Waals surface area contributed by atoms with E-state index in [0.717, 1.165) is 75.5 Å². The lowest BCUT2D eigenvalue weighted by atomic mass is 9.33. The summed E-state index contributed by atoms with van der Waals surface area (Å²) in [5.41, 5.74) is 36.2. The molecule has 2 heterocycles. The molecule has 0 radical (unpaired) electrons. The fraction of sp³-hybridized carbons (Fsp3) is 0.357. The maximum absolute atomic E-state index is 7.45. The van der Waals surface area contributed by atoms with Crippen molar-refractivity contribution in [3.63, 3.8) is 0 Å². The molecule has 0 amide bonds. The lowest BCUT2D eigenvalue weighted by Gasteiger charge is -2.48. The van der Waals surface area contributed by atoms with E-state index < -0.39 is 0 Å². The molecule has 0 fully saturated rings. The van der Waals surface area contributed by atoms with Gasteiger partial charge in [0, 0.05) is 78.0 Å². The van der Waals surface area contributed by atoms with Gasteiger partial charge in [0.1, 0.15) is 0 Å². The highest BCUT2D eigenvalue weighted by Gasteiger charge is 2.48. The molecule has 7 heteroatoms. The number of hydrogen-bond donors (Lipinski definition) is 0. The second kappa shape index (κ2) is 30.3. The average molecular weight is 1610 g/mol. The molecule has 0 saturated carbocycles. The Morgan fingerprint density at radius 1 is 0.277 bits per heavy atom. The Balaban J connectivity index is 0.000000186. The van der Waals surface area contributed by atoms with Crippen LogP contribution in [0, 0.1) is 0 Å². The Bertz CT molecular complexity index is 5770. The van der Waals surface area contributed by atoms with Crippen molar-refractivity contribution in [1.82, 2.24) is 0 Å². The van der Waals surface area contributed by atoms with E-state index in [0.29, 0.717) is 5.02 Å².